The van der Waals surface area contributed by atoms with Gasteiger partial charge in [-0.1, -0.05) is 0 Å². The lowest BCUT2D eigenvalue weighted by atomic mass is 9.94. The number of ether oxygens (including phenoxy) is 1. The number of amides is 1. The van der Waals surface area contributed by atoms with E-state index in [1.165, 1.54) is 0 Å². The van der Waals surface area contributed by atoms with Gasteiger partial charge in [0.1, 0.15) is 5.75 Å². The topological polar surface area (TPSA) is 93.5 Å². The Kier molecular flexibility index (Phi) is 4.68. The molecule has 0 atom stereocenters. The second kappa shape index (κ2) is 6.51. The molecule has 0 spiro atoms. The quantitative estimate of drug-likeness (QED) is 0.846. The van der Waals surface area contributed by atoms with Crippen molar-refractivity contribution >= 4 is 11.9 Å². The Hall–Kier alpha value is -2.83. The molecular weight excluding hydrogens is 298 g/mol. The van der Waals surface area contributed by atoms with E-state index < -0.39 is 17.3 Å². The summed E-state index contributed by atoms with van der Waals surface area (Å²) in [7, 11) is 1.59. The van der Waals surface area contributed by atoms with Crippen molar-refractivity contribution in [2.45, 2.75) is 13.8 Å². The van der Waals surface area contributed by atoms with Crippen molar-refractivity contribution in [2.24, 2.45) is 5.41 Å². The van der Waals surface area contributed by atoms with Crippen molar-refractivity contribution < 1.29 is 19.4 Å². The second-order valence-corrected chi connectivity index (χ2v) is 5.72. The Labute approximate surface area is 133 Å². The molecule has 0 fully saturated rings. The lowest BCUT2D eigenvalue weighted by Crippen LogP contribution is -2.39. The summed E-state index contributed by atoms with van der Waals surface area (Å²) < 4.78 is 6.66. The van der Waals surface area contributed by atoms with E-state index in [1.807, 2.05) is 12.1 Å². The van der Waals surface area contributed by atoms with Crippen LogP contribution in [0.15, 0.2) is 36.5 Å². The Morgan fingerprint density at radius 1 is 1.26 bits per heavy atom. The number of carboxylic acids is 1. The van der Waals surface area contributed by atoms with Crippen molar-refractivity contribution in [3.8, 4) is 11.4 Å². The highest BCUT2D eigenvalue weighted by molar-refractivity contribution is 5.92. The summed E-state index contributed by atoms with van der Waals surface area (Å²) in [6, 6.07) is 8.81. The molecule has 0 aliphatic carbocycles. The summed E-state index contributed by atoms with van der Waals surface area (Å²) >= 11 is 0. The summed E-state index contributed by atoms with van der Waals surface area (Å²) in [4.78, 5) is 23.1. The van der Waals surface area contributed by atoms with Gasteiger partial charge in [-0.25, -0.2) is 4.68 Å². The molecule has 0 saturated carbocycles. The van der Waals surface area contributed by atoms with E-state index in [0.29, 0.717) is 0 Å². The predicted molar refractivity (Wildman–Crippen MR) is 83.9 cm³/mol. The Bertz CT molecular complexity index is 704. The third-order valence-electron chi connectivity index (χ3n) is 3.43. The molecule has 1 aromatic heterocycles. The first-order chi connectivity index (χ1) is 10.8. The monoisotopic (exact) mass is 317 g/mol. The van der Waals surface area contributed by atoms with E-state index in [4.69, 9.17) is 9.84 Å². The van der Waals surface area contributed by atoms with Gasteiger partial charge in [-0.3, -0.25) is 9.59 Å². The average molecular weight is 317 g/mol. The van der Waals surface area contributed by atoms with E-state index in [9.17, 15) is 9.59 Å². The van der Waals surface area contributed by atoms with Crippen LogP contribution in [0.5, 0.6) is 5.75 Å². The van der Waals surface area contributed by atoms with Crippen LogP contribution in [0, 0.1) is 5.41 Å². The number of carbonyl (C=O) groups excluding carboxylic acids is 1. The zero-order chi connectivity index (χ0) is 17.0. The van der Waals surface area contributed by atoms with Crippen LogP contribution in [-0.4, -0.2) is 40.4 Å². The minimum absolute atomic E-state index is 0.0244. The van der Waals surface area contributed by atoms with Gasteiger partial charge in [0, 0.05) is 12.7 Å². The number of rotatable bonds is 6. The maximum absolute atomic E-state index is 12.1. The van der Waals surface area contributed by atoms with Crippen LogP contribution < -0.4 is 10.1 Å². The fourth-order valence-electron chi connectivity index (χ4n) is 1.79. The van der Waals surface area contributed by atoms with Crippen LogP contribution in [0.2, 0.25) is 0 Å². The molecule has 0 saturated heterocycles. The first kappa shape index (κ1) is 16.5. The van der Waals surface area contributed by atoms with E-state index in [1.54, 1.807) is 50.0 Å². The van der Waals surface area contributed by atoms with Crippen molar-refractivity contribution in [3.63, 3.8) is 0 Å². The summed E-state index contributed by atoms with van der Waals surface area (Å²) in [5, 5.41) is 15.8. The molecule has 0 unspecified atom stereocenters. The molecule has 2 N–H and O–H groups in total. The van der Waals surface area contributed by atoms with Gasteiger partial charge in [0.2, 0.25) is 0 Å². The van der Waals surface area contributed by atoms with Crippen LogP contribution >= 0.6 is 0 Å². The van der Waals surface area contributed by atoms with Gasteiger partial charge in [0.05, 0.1) is 18.2 Å². The zero-order valence-corrected chi connectivity index (χ0v) is 13.2. The van der Waals surface area contributed by atoms with Crippen LogP contribution in [0.4, 0.5) is 0 Å². The molecule has 7 nitrogen and oxygen atoms in total. The number of benzene rings is 1. The SMILES string of the molecule is COc1ccc(-n2ccc(C(=O)NCC(C)(C)C(=O)O)n2)cc1. The van der Waals surface area contributed by atoms with Crippen molar-refractivity contribution in [3.05, 3.63) is 42.2 Å². The fourth-order valence-corrected chi connectivity index (χ4v) is 1.79. The molecule has 0 aliphatic rings. The number of nitrogens with one attached hydrogen (secondary N) is 1. The minimum Gasteiger partial charge on any atom is -0.497 e. The highest BCUT2D eigenvalue weighted by atomic mass is 16.5. The fraction of sp³-hybridized carbons (Fsp3) is 0.312. The minimum atomic E-state index is -1.03. The van der Waals surface area contributed by atoms with Crippen LogP contribution in [0.1, 0.15) is 24.3 Å². The summed E-state index contributed by atoms with van der Waals surface area (Å²) in [5.41, 5.74) is -0.0217. The predicted octanol–water partition coefficient (Wildman–Crippen LogP) is 1.72. The molecular formula is C16H19N3O4. The Balaban J connectivity index is 2.06. The maximum Gasteiger partial charge on any atom is 0.310 e. The van der Waals surface area contributed by atoms with Gasteiger partial charge in [0.25, 0.3) is 5.91 Å². The number of carboxylic acid groups (broad SMARTS) is 1. The Morgan fingerprint density at radius 3 is 2.48 bits per heavy atom. The molecule has 1 aromatic carbocycles. The maximum atomic E-state index is 12.1. The van der Waals surface area contributed by atoms with Gasteiger partial charge < -0.3 is 15.2 Å². The second-order valence-electron chi connectivity index (χ2n) is 5.72. The summed E-state index contributed by atoms with van der Waals surface area (Å²) in [5.74, 6) is -0.650. The summed E-state index contributed by atoms with van der Waals surface area (Å²) in [6.45, 7) is 3.12. The third kappa shape index (κ3) is 3.88. The van der Waals surface area contributed by atoms with Crippen LogP contribution in [0.3, 0.4) is 0 Å². The molecule has 0 bridgehead atoms. The van der Waals surface area contributed by atoms with Gasteiger partial charge in [-0.2, -0.15) is 5.10 Å². The number of aromatic nitrogens is 2. The van der Waals surface area contributed by atoms with Crippen molar-refractivity contribution in [1.29, 1.82) is 0 Å². The number of methoxy groups -OCH3 is 1. The van der Waals surface area contributed by atoms with E-state index >= 15 is 0 Å². The lowest BCUT2D eigenvalue weighted by molar-refractivity contribution is -0.146. The Morgan fingerprint density at radius 2 is 1.91 bits per heavy atom. The first-order valence-corrected chi connectivity index (χ1v) is 7.05. The van der Waals surface area contributed by atoms with Crippen LogP contribution in [0.25, 0.3) is 5.69 Å². The van der Waals surface area contributed by atoms with Gasteiger partial charge in [0.15, 0.2) is 5.69 Å². The normalized spacial score (nSPS) is 11.1. The number of nitrogens with zero attached hydrogens (tertiary/aromatic N) is 2. The third-order valence-corrected chi connectivity index (χ3v) is 3.43. The van der Waals surface area contributed by atoms with Crippen molar-refractivity contribution in [1.82, 2.24) is 15.1 Å². The zero-order valence-electron chi connectivity index (χ0n) is 13.2. The largest absolute Gasteiger partial charge is 0.497 e. The smallest absolute Gasteiger partial charge is 0.310 e. The highest BCUT2D eigenvalue weighted by Crippen LogP contribution is 2.15. The van der Waals surface area contributed by atoms with E-state index in [2.05, 4.69) is 10.4 Å². The number of hydrogen-bond donors (Lipinski definition) is 2. The molecule has 0 aliphatic heterocycles. The van der Waals surface area contributed by atoms with Gasteiger partial charge in [-0.05, 0) is 44.2 Å². The lowest BCUT2D eigenvalue weighted by Gasteiger charge is -2.18. The molecule has 2 aromatic rings. The van der Waals surface area contributed by atoms with E-state index in [-0.39, 0.29) is 12.2 Å². The summed E-state index contributed by atoms with van der Waals surface area (Å²) in [6.07, 6.45) is 1.67. The van der Waals surface area contributed by atoms with Crippen LogP contribution in [-0.2, 0) is 4.79 Å². The molecule has 7 heteroatoms. The molecule has 23 heavy (non-hydrogen) atoms. The number of aliphatic carboxylic acids is 1. The highest BCUT2D eigenvalue weighted by Gasteiger charge is 2.28. The number of hydrogen-bond acceptors (Lipinski definition) is 4. The molecule has 2 rings (SSSR count). The average Bonchev–Trinajstić information content (AvgIpc) is 3.02. The first-order valence-electron chi connectivity index (χ1n) is 7.05. The van der Waals surface area contributed by atoms with Crippen molar-refractivity contribution in [2.75, 3.05) is 13.7 Å². The molecule has 0 radical (unpaired) electrons. The molecule has 1 amide bonds. The standard InChI is InChI=1S/C16H19N3O4/c1-16(2,15(21)22)10-17-14(20)13-8-9-19(18-13)11-4-6-12(23-3)7-5-11/h4-9H,10H2,1-3H3,(H,17,20)(H,21,22). The van der Waals surface area contributed by atoms with Gasteiger partial charge in [-0.15, -0.1) is 0 Å². The van der Waals surface area contributed by atoms with E-state index in [0.717, 1.165) is 11.4 Å². The molecule has 122 valence electrons. The number of carbonyl (C=O) groups is 2. The molecule has 1 heterocycles. The van der Waals surface area contributed by atoms with Gasteiger partial charge >= 0.3 is 5.97 Å².